The normalized spacial score (nSPS) is 22.4. The lowest BCUT2D eigenvalue weighted by Crippen LogP contribution is -2.34. The Labute approximate surface area is 126 Å². The van der Waals surface area contributed by atoms with Gasteiger partial charge in [0.2, 0.25) is 0 Å². The molecule has 0 radical (unpaired) electrons. The van der Waals surface area contributed by atoms with E-state index in [2.05, 4.69) is 24.0 Å². The molecule has 1 unspecified atom stereocenters. The second-order valence-electron chi connectivity index (χ2n) is 5.87. The van der Waals surface area contributed by atoms with Gasteiger partial charge in [0.1, 0.15) is 5.75 Å². The molecule has 0 saturated carbocycles. The summed E-state index contributed by atoms with van der Waals surface area (Å²) in [6.45, 7) is 7.02. The molecule has 0 spiro atoms. The van der Waals surface area contributed by atoms with Crippen molar-refractivity contribution in [3.63, 3.8) is 0 Å². The maximum atomic E-state index is 11.6. The van der Waals surface area contributed by atoms with E-state index < -0.39 is 11.4 Å². The molecule has 1 aliphatic heterocycles. The van der Waals surface area contributed by atoms with E-state index in [0.29, 0.717) is 13.2 Å². The van der Waals surface area contributed by atoms with Crippen molar-refractivity contribution in [2.24, 2.45) is 5.41 Å². The number of hydrogen-bond acceptors (Lipinski definition) is 3. The van der Waals surface area contributed by atoms with Crippen LogP contribution in [0.3, 0.4) is 0 Å². The van der Waals surface area contributed by atoms with Crippen LogP contribution < -0.4 is 4.74 Å². The Morgan fingerprint density at radius 3 is 2.62 bits per heavy atom. The lowest BCUT2D eigenvalue weighted by atomic mass is 9.83. The Kier molecular flexibility index (Phi) is 5.23. The first-order valence-electron chi connectivity index (χ1n) is 7.77. The number of nitrogens with zero attached hydrogens (tertiary/aromatic N) is 1. The van der Waals surface area contributed by atoms with Gasteiger partial charge in [-0.25, -0.2) is 0 Å². The van der Waals surface area contributed by atoms with E-state index in [1.807, 2.05) is 19.1 Å². The van der Waals surface area contributed by atoms with Crippen LogP contribution in [0, 0.1) is 5.41 Å². The fourth-order valence-corrected chi connectivity index (χ4v) is 3.17. The summed E-state index contributed by atoms with van der Waals surface area (Å²) in [5, 5.41) is 9.53. The van der Waals surface area contributed by atoms with Crippen LogP contribution in [0.25, 0.3) is 0 Å². The molecular formula is C17H25NO3. The summed E-state index contributed by atoms with van der Waals surface area (Å²) < 4.78 is 5.44. The average molecular weight is 291 g/mol. The minimum atomic E-state index is -0.640. The van der Waals surface area contributed by atoms with Crippen molar-refractivity contribution in [3.05, 3.63) is 29.8 Å². The Balaban J connectivity index is 1.96. The molecule has 4 heteroatoms. The minimum absolute atomic E-state index is 0.542. The van der Waals surface area contributed by atoms with Gasteiger partial charge in [-0.1, -0.05) is 25.5 Å². The number of hydrogen-bond donors (Lipinski definition) is 1. The molecule has 1 heterocycles. The van der Waals surface area contributed by atoms with Crippen molar-refractivity contribution in [1.29, 1.82) is 0 Å². The zero-order valence-electron chi connectivity index (χ0n) is 13.0. The van der Waals surface area contributed by atoms with Gasteiger partial charge < -0.3 is 9.84 Å². The van der Waals surface area contributed by atoms with Gasteiger partial charge in [0, 0.05) is 13.1 Å². The Bertz CT molecular complexity index is 471. The molecule has 1 aliphatic rings. The van der Waals surface area contributed by atoms with Crippen LogP contribution in [0.2, 0.25) is 0 Å². The molecule has 0 aromatic heterocycles. The topological polar surface area (TPSA) is 49.8 Å². The Morgan fingerprint density at radius 2 is 2.05 bits per heavy atom. The fourth-order valence-electron chi connectivity index (χ4n) is 3.17. The molecule has 4 nitrogen and oxygen atoms in total. The smallest absolute Gasteiger partial charge is 0.310 e. The number of carbonyl (C=O) groups is 1. The largest absolute Gasteiger partial charge is 0.494 e. The molecule has 0 amide bonds. The second kappa shape index (κ2) is 6.94. The molecule has 2 rings (SSSR count). The molecule has 21 heavy (non-hydrogen) atoms. The predicted molar refractivity (Wildman–Crippen MR) is 82.5 cm³/mol. The molecule has 0 aliphatic carbocycles. The first-order valence-corrected chi connectivity index (χ1v) is 7.77. The van der Waals surface area contributed by atoms with Gasteiger partial charge in [0.05, 0.1) is 12.0 Å². The zero-order valence-corrected chi connectivity index (χ0v) is 13.0. The van der Waals surface area contributed by atoms with Crippen molar-refractivity contribution in [1.82, 2.24) is 4.90 Å². The number of benzene rings is 1. The van der Waals surface area contributed by atoms with Gasteiger partial charge in [-0.2, -0.15) is 0 Å². The number of carboxylic acid groups (broad SMARTS) is 1. The average Bonchev–Trinajstić information content (AvgIpc) is 2.86. The van der Waals surface area contributed by atoms with Gasteiger partial charge in [0.25, 0.3) is 0 Å². The third-order valence-corrected chi connectivity index (χ3v) is 4.26. The van der Waals surface area contributed by atoms with Gasteiger partial charge in [-0.15, -0.1) is 0 Å². The molecule has 1 N–H and O–H groups in total. The lowest BCUT2D eigenvalue weighted by Gasteiger charge is -2.24. The van der Waals surface area contributed by atoms with E-state index in [0.717, 1.165) is 38.1 Å². The van der Waals surface area contributed by atoms with Crippen LogP contribution in [-0.4, -0.2) is 35.7 Å². The third kappa shape index (κ3) is 3.76. The highest BCUT2D eigenvalue weighted by Crippen LogP contribution is 2.36. The summed E-state index contributed by atoms with van der Waals surface area (Å²) in [5.41, 5.74) is 0.663. The van der Waals surface area contributed by atoms with Gasteiger partial charge in [-0.05, 0) is 44.0 Å². The Hall–Kier alpha value is -1.55. The van der Waals surface area contributed by atoms with Crippen molar-refractivity contribution in [2.75, 3.05) is 19.7 Å². The van der Waals surface area contributed by atoms with E-state index in [1.165, 1.54) is 5.56 Å². The van der Waals surface area contributed by atoms with Crippen LogP contribution in [0.4, 0.5) is 0 Å². The van der Waals surface area contributed by atoms with Gasteiger partial charge in [0.15, 0.2) is 0 Å². The number of aliphatic carboxylic acids is 1. The van der Waals surface area contributed by atoms with E-state index in [-0.39, 0.29) is 0 Å². The number of rotatable bonds is 7. The highest BCUT2D eigenvalue weighted by atomic mass is 16.5. The van der Waals surface area contributed by atoms with Crippen LogP contribution in [0.15, 0.2) is 24.3 Å². The summed E-state index contributed by atoms with van der Waals surface area (Å²) in [6, 6.07) is 8.08. The van der Waals surface area contributed by atoms with Crippen molar-refractivity contribution in [3.8, 4) is 5.75 Å². The summed E-state index contributed by atoms with van der Waals surface area (Å²) >= 11 is 0. The summed E-state index contributed by atoms with van der Waals surface area (Å²) in [4.78, 5) is 13.8. The molecular weight excluding hydrogens is 266 g/mol. The van der Waals surface area contributed by atoms with E-state index >= 15 is 0 Å². The van der Waals surface area contributed by atoms with Crippen molar-refractivity contribution in [2.45, 2.75) is 39.7 Å². The monoisotopic (exact) mass is 291 g/mol. The first kappa shape index (κ1) is 15.8. The molecule has 1 aromatic rings. The van der Waals surface area contributed by atoms with Crippen molar-refractivity contribution < 1.29 is 14.6 Å². The van der Waals surface area contributed by atoms with Crippen molar-refractivity contribution >= 4 is 5.97 Å². The minimum Gasteiger partial charge on any atom is -0.494 e. The molecule has 116 valence electrons. The van der Waals surface area contributed by atoms with Crippen LogP contribution in [0.1, 0.15) is 38.7 Å². The van der Waals surface area contributed by atoms with Crippen LogP contribution >= 0.6 is 0 Å². The van der Waals surface area contributed by atoms with Gasteiger partial charge in [-0.3, -0.25) is 9.69 Å². The van der Waals surface area contributed by atoms with Crippen LogP contribution in [-0.2, 0) is 11.3 Å². The van der Waals surface area contributed by atoms with Gasteiger partial charge >= 0.3 is 5.97 Å². The highest BCUT2D eigenvalue weighted by Gasteiger charge is 2.43. The molecule has 1 aromatic carbocycles. The highest BCUT2D eigenvalue weighted by molar-refractivity contribution is 5.75. The summed E-state index contributed by atoms with van der Waals surface area (Å²) in [6.07, 6.45) is 2.44. The second-order valence-corrected chi connectivity index (χ2v) is 5.87. The first-order chi connectivity index (χ1) is 10.1. The lowest BCUT2D eigenvalue weighted by molar-refractivity contribution is -0.148. The Morgan fingerprint density at radius 1 is 1.33 bits per heavy atom. The quantitative estimate of drug-likeness (QED) is 0.838. The summed E-state index contributed by atoms with van der Waals surface area (Å²) in [7, 11) is 0. The zero-order chi connectivity index (χ0) is 15.3. The van der Waals surface area contributed by atoms with E-state index in [9.17, 15) is 9.90 Å². The SMILES string of the molecule is CCCC1(C(=O)O)CCN(Cc2ccc(OCC)cc2)C1. The number of carboxylic acids is 1. The van der Waals surface area contributed by atoms with E-state index in [1.54, 1.807) is 0 Å². The molecule has 1 saturated heterocycles. The molecule has 0 bridgehead atoms. The van der Waals surface area contributed by atoms with Crippen LogP contribution in [0.5, 0.6) is 5.75 Å². The third-order valence-electron chi connectivity index (χ3n) is 4.26. The summed E-state index contributed by atoms with van der Waals surface area (Å²) in [5.74, 6) is 0.243. The maximum absolute atomic E-state index is 11.6. The predicted octanol–water partition coefficient (Wildman–Crippen LogP) is 3.16. The number of likely N-dealkylation sites (tertiary alicyclic amines) is 1. The number of ether oxygens (including phenoxy) is 1. The fraction of sp³-hybridized carbons (Fsp3) is 0.588. The molecule has 1 atom stereocenters. The van der Waals surface area contributed by atoms with E-state index in [4.69, 9.17) is 4.74 Å². The standard InChI is InChI=1S/C17H25NO3/c1-3-9-17(16(19)20)10-11-18(13-17)12-14-5-7-15(8-6-14)21-4-2/h5-8H,3-4,9-13H2,1-2H3,(H,19,20). The maximum Gasteiger partial charge on any atom is 0.310 e. The molecule has 1 fully saturated rings.